The molecule has 4 nitrogen and oxygen atoms in total. The molecule has 1 aliphatic rings. The average Bonchev–Trinajstić information content (AvgIpc) is 2.95. The van der Waals surface area contributed by atoms with Crippen LogP contribution in [0.3, 0.4) is 0 Å². The maximum absolute atomic E-state index is 12.0. The second kappa shape index (κ2) is 6.23. The summed E-state index contributed by atoms with van der Waals surface area (Å²) in [6.07, 6.45) is 3.24. The van der Waals surface area contributed by atoms with Gasteiger partial charge in [-0.15, -0.1) is 0 Å². The Kier molecular flexibility index (Phi) is 4.15. The fourth-order valence-electron chi connectivity index (χ4n) is 2.13. The van der Waals surface area contributed by atoms with E-state index in [1.807, 2.05) is 43.3 Å². The Bertz CT molecular complexity index is 756. The number of hydrogen-bond donors (Lipinski definition) is 1. The molecule has 1 heterocycles. The van der Waals surface area contributed by atoms with Crippen LogP contribution in [0.2, 0.25) is 0 Å². The van der Waals surface area contributed by atoms with Crippen LogP contribution in [-0.2, 0) is 4.79 Å². The SMILES string of the molecule is Cc1cc(Br)ccc1NC(=O)/C=C\c1ccc2c(c1)OCO2. The van der Waals surface area contributed by atoms with Crippen molar-refractivity contribution in [3.05, 3.63) is 58.1 Å². The minimum atomic E-state index is -0.178. The van der Waals surface area contributed by atoms with E-state index in [0.29, 0.717) is 5.75 Å². The number of benzene rings is 2. The third-order valence-electron chi connectivity index (χ3n) is 3.27. The zero-order valence-electron chi connectivity index (χ0n) is 11.9. The van der Waals surface area contributed by atoms with E-state index in [2.05, 4.69) is 21.2 Å². The highest BCUT2D eigenvalue weighted by Crippen LogP contribution is 2.32. The van der Waals surface area contributed by atoms with E-state index in [-0.39, 0.29) is 12.7 Å². The summed E-state index contributed by atoms with van der Waals surface area (Å²) in [5.41, 5.74) is 2.68. The maximum atomic E-state index is 12.0. The van der Waals surface area contributed by atoms with Gasteiger partial charge in [0.05, 0.1) is 0 Å². The van der Waals surface area contributed by atoms with Crippen LogP contribution in [0.4, 0.5) is 5.69 Å². The van der Waals surface area contributed by atoms with Crippen LogP contribution in [0.25, 0.3) is 6.08 Å². The van der Waals surface area contributed by atoms with E-state index in [9.17, 15) is 4.79 Å². The van der Waals surface area contributed by atoms with Crippen molar-refractivity contribution in [2.75, 3.05) is 12.1 Å². The molecule has 5 heteroatoms. The standard InChI is InChI=1S/C17H14BrNO3/c1-11-8-13(18)4-5-14(11)19-17(20)7-3-12-2-6-15-16(9-12)22-10-21-15/h2-9H,10H2,1H3,(H,19,20)/b7-3-. The van der Waals surface area contributed by atoms with Gasteiger partial charge in [0.1, 0.15) is 0 Å². The van der Waals surface area contributed by atoms with E-state index >= 15 is 0 Å². The number of fused-ring (bicyclic) bond motifs is 1. The van der Waals surface area contributed by atoms with Gasteiger partial charge in [-0.25, -0.2) is 0 Å². The van der Waals surface area contributed by atoms with Gasteiger partial charge in [-0.05, 0) is 54.5 Å². The van der Waals surface area contributed by atoms with E-state index in [1.165, 1.54) is 6.08 Å². The van der Waals surface area contributed by atoms with Crippen LogP contribution in [0.15, 0.2) is 46.9 Å². The average molecular weight is 360 g/mol. The first-order valence-electron chi connectivity index (χ1n) is 6.77. The number of nitrogens with one attached hydrogen (secondary N) is 1. The molecule has 0 spiro atoms. The first kappa shape index (κ1) is 14.7. The molecular weight excluding hydrogens is 346 g/mol. The minimum absolute atomic E-state index is 0.178. The van der Waals surface area contributed by atoms with Gasteiger partial charge in [-0.2, -0.15) is 0 Å². The van der Waals surface area contributed by atoms with Gasteiger partial charge < -0.3 is 14.8 Å². The second-order valence-corrected chi connectivity index (χ2v) is 5.81. The molecule has 0 aromatic heterocycles. The van der Waals surface area contributed by atoms with Gasteiger partial charge >= 0.3 is 0 Å². The van der Waals surface area contributed by atoms with Gasteiger partial charge in [0, 0.05) is 16.2 Å². The van der Waals surface area contributed by atoms with Gasteiger partial charge in [0.2, 0.25) is 12.7 Å². The lowest BCUT2D eigenvalue weighted by Gasteiger charge is -2.06. The summed E-state index contributed by atoms with van der Waals surface area (Å²) in [6.45, 7) is 2.19. The van der Waals surface area contributed by atoms with Crippen LogP contribution in [-0.4, -0.2) is 12.7 Å². The minimum Gasteiger partial charge on any atom is -0.454 e. The molecule has 0 aliphatic carbocycles. The Hall–Kier alpha value is -2.27. The Labute approximate surface area is 136 Å². The fraction of sp³-hybridized carbons (Fsp3) is 0.118. The first-order chi connectivity index (χ1) is 10.6. The monoisotopic (exact) mass is 359 g/mol. The van der Waals surface area contributed by atoms with Crippen molar-refractivity contribution < 1.29 is 14.3 Å². The normalized spacial score (nSPS) is 12.6. The highest BCUT2D eigenvalue weighted by molar-refractivity contribution is 9.10. The van der Waals surface area contributed by atoms with Crippen LogP contribution in [0, 0.1) is 6.92 Å². The molecule has 0 fully saturated rings. The van der Waals surface area contributed by atoms with Crippen LogP contribution in [0.1, 0.15) is 11.1 Å². The molecule has 1 aliphatic heterocycles. The number of amides is 1. The third kappa shape index (κ3) is 3.31. The van der Waals surface area contributed by atoms with Crippen LogP contribution < -0.4 is 14.8 Å². The van der Waals surface area contributed by atoms with Crippen molar-refractivity contribution in [2.24, 2.45) is 0 Å². The molecule has 3 rings (SSSR count). The van der Waals surface area contributed by atoms with Crippen LogP contribution >= 0.6 is 15.9 Å². The van der Waals surface area contributed by atoms with Crippen molar-refractivity contribution >= 4 is 33.6 Å². The van der Waals surface area contributed by atoms with Crippen molar-refractivity contribution in [1.82, 2.24) is 0 Å². The van der Waals surface area contributed by atoms with Crippen LogP contribution in [0.5, 0.6) is 11.5 Å². The summed E-state index contributed by atoms with van der Waals surface area (Å²) < 4.78 is 11.5. The molecule has 112 valence electrons. The zero-order chi connectivity index (χ0) is 15.5. The quantitative estimate of drug-likeness (QED) is 0.837. The number of anilines is 1. The molecule has 0 saturated heterocycles. The Morgan fingerprint density at radius 1 is 1.18 bits per heavy atom. The van der Waals surface area contributed by atoms with Crippen molar-refractivity contribution in [3.8, 4) is 11.5 Å². The number of hydrogen-bond acceptors (Lipinski definition) is 3. The molecule has 2 aromatic rings. The molecule has 1 amide bonds. The van der Waals surface area contributed by atoms with E-state index in [0.717, 1.165) is 27.0 Å². The second-order valence-electron chi connectivity index (χ2n) is 4.89. The Morgan fingerprint density at radius 2 is 2.00 bits per heavy atom. The zero-order valence-corrected chi connectivity index (χ0v) is 13.5. The Morgan fingerprint density at radius 3 is 2.82 bits per heavy atom. The summed E-state index contributed by atoms with van der Waals surface area (Å²) in [6, 6.07) is 11.3. The lowest BCUT2D eigenvalue weighted by Crippen LogP contribution is -2.08. The van der Waals surface area contributed by atoms with E-state index in [4.69, 9.17) is 9.47 Å². The summed E-state index contributed by atoms with van der Waals surface area (Å²) in [5.74, 6) is 1.25. The summed E-state index contributed by atoms with van der Waals surface area (Å²) >= 11 is 3.40. The number of carbonyl (C=O) groups excluding carboxylic acids is 1. The lowest BCUT2D eigenvalue weighted by atomic mass is 10.2. The van der Waals surface area contributed by atoms with Crippen molar-refractivity contribution in [3.63, 3.8) is 0 Å². The topological polar surface area (TPSA) is 47.6 Å². The largest absolute Gasteiger partial charge is 0.454 e. The maximum Gasteiger partial charge on any atom is 0.248 e. The summed E-state index contributed by atoms with van der Waals surface area (Å²) in [7, 11) is 0. The van der Waals surface area contributed by atoms with Gasteiger partial charge in [0.25, 0.3) is 0 Å². The Balaban J connectivity index is 1.68. The molecule has 2 aromatic carbocycles. The number of ether oxygens (including phenoxy) is 2. The molecule has 0 radical (unpaired) electrons. The molecule has 0 bridgehead atoms. The smallest absolute Gasteiger partial charge is 0.248 e. The highest BCUT2D eigenvalue weighted by atomic mass is 79.9. The third-order valence-corrected chi connectivity index (χ3v) is 3.76. The predicted molar refractivity (Wildman–Crippen MR) is 89.1 cm³/mol. The number of halogens is 1. The summed E-state index contributed by atoms with van der Waals surface area (Å²) in [5, 5.41) is 2.86. The number of carbonyl (C=O) groups is 1. The number of aryl methyl sites for hydroxylation is 1. The molecule has 1 N–H and O–H groups in total. The van der Waals surface area contributed by atoms with Crippen molar-refractivity contribution in [1.29, 1.82) is 0 Å². The molecule has 22 heavy (non-hydrogen) atoms. The van der Waals surface area contributed by atoms with Crippen molar-refractivity contribution in [2.45, 2.75) is 6.92 Å². The number of rotatable bonds is 3. The molecule has 0 saturated carbocycles. The lowest BCUT2D eigenvalue weighted by molar-refractivity contribution is -0.111. The molecule has 0 atom stereocenters. The molecular formula is C17H14BrNO3. The van der Waals surface area contributed by atoms with E-state index < -0.39 is 0 Å². The predicted octanol–water partition coefficient (Wildman–Crippen LogP) is 4.14. The van der Waals surface area contributed by atoms with Gasteiger partial charge in [-0.3, -0.25) is 4.79 Å². The fourth-order valence-corrected chi connectivity index (χ4v) is 2.61. The first-order valence-corrected chi connectivity index (χ1v) is 7.56. The summed E-state index contributed by atoms with van der Waals surface area (Å²) in [4.78, 5) is 12.0. The highest BCUT2D eigenvalue weighted by Gasteiger charge is 2.12. The molecule has 0 unspecified atom stereocenters. The van der Waals surface area contributed by atoms with Gasteiger partial charge in [-0.1, -0.05) is 22.0 Å². The van der Waals surface area contributed by atoms with Gasteiger partial charge in [0.15, 0.2) is 11.5 Å². The van der Waals surface area contributed by atoms with E-state index in [1.54, 1.807) is 6.08 Å².